The Morgan fingerprint density at radius 1 is 1.50 bits per heavy atom. The first-order chi connectivity index (χ1) is 9.43. The van der Waals surface area contributed by atoms with E-state index in [2.05, 4.69) is 10.3 Å². The molecule has 6 heteroatoms. The number of carbonyl (C=O) groups is 1. The van der Waals surface area contributed by atoms with Crippen molar-refractivity contribution in [2.45, 2.75) is 52.6 Å². The zero-order chi connectivity index (χ0) is 15.1. The number of aliphatic carboxylic acids is 1. The van der Waals surface area contributed by atoms with Gasteiger partial charge in [0.05, 0.1) is 6.42 Å². The molecule has 20 heavy (non-hydrogen) atoms. The summed E-state index contributed by atoms with van der Waals surface area (Å²) in [4.78, 5) is 27.1. The molecule has 1 aromatic rings. The van der Waals surface area contributed by atoms with Crippen molar-refractivity contribution in [2.24, 2.45) is 5.92 Å². The van der Waals surface area contributed by atoms with Crippen LogP contribution in [-0.4, -0.2) is 26.7 Å². The van der Waals surface area contributed by atoms with E-state index in [4.69, 9.17) is 5.11 Å². The Bertz CT molecular complexity index is 497. The number of hydrogen-bond acceptors (Lipinski definition) is 4. The van der Waals surface area contributed by atoms with Gasteiger partial charge in [0.2, 0.25) is 0 Å². The number of nitrogens with zero attached hydrogens (tertiary/aromatic N) is 2. The zero-order valence-electron chi connectivity index (χ0n) is 12.3. The van der Waals surface area contributed by atoms with Crippen LogP contribution in [0.3, 0.4) is 0 Å². The van der Waals surface area contributed by atoms with Gasteiger partial charge >= 0.3 is 5.97 Å². The Kier molecular flexibility index (Phi) is 6.21. The molecule has 0 saturated heterocycles. The Labute approximate surface area is 118 Å². The van der Waals surface area contributed by atoms with E-state index in [1.165, 1.54) is 0 Å². The Balaban J connectivity index is 2.89. The van der Waals surface area contributed by atoms with Crippen molar-refractivity contribution in [2.75, 3.05) is 5.32 Å². The van der Waals surface area contributed by atoms with Crippen molar-refractivity contribution in [1.82, 2.24) is 9.55 Å². The summed E-state index contributed by atoms with van der Waals surface area (Å²) in [5.41, 5.74) is -0.201. The van der Waals surface area contributed by atoms with Gasteiger partial charge in [0, 0.05) is 25.0 Å². The van der Waals surface area contributed by atoms with Crippen molar-refractivity contribution >= 4 is 11.8 Å². The lowest BCUT2D eigenvalue weighted by atomic mass is 10.1. The molecule has 112 valence electrons. The summed E-state index contributed by atoms with van der Waals surface area (Å²) in [7, 11) is 0. The minimum Gasteiger partial charge on any atom is -0.481 e. The summed E-state index contributed by atoms with van der Waals surface area (Å²) >= 11 is 0. The SMILES string of the molecule is CCCC(CC(=O)O)Nc1nccn(CC(C)C)c1=O. The van der Waals surface area contributed by atoms with E-state index < -0.39 is 5.97 Å². The van der Waals surface area contributed by atoms with E-state index in [1.807, 2.05) is 20.8 Å². The molecule has 0 bridgehead atoms. The van der Waals surface area contributed by atoms with Crippen LogP contribution in [0.2, 0.25) is 0 Å². The van der Waals surface area contributed by atoms with E-state index >= 15 is 0 Å². The number of aromatic nitrogens is 2. The summed E-state index contributed by atoms with van der Waals surface area (Å²) in [6.07, 6.45) is 4.73. The van der Waals surface area contributed by atoms with Gasteiger partial charge in [-0.3, -0.25) is 9.59 Å². The Morgan fingerprint density at radius 2 is 2.20 bits per heavy atom. The van der Waals surface area contributed by atoms with Crippen LogP contribution in [0, 0.1) is 5.92 Å². The minimum absolute atomic E-state index is 0.0198. The predicted molar refractivity (Wildman–Crippen MR) is 77.9 cm³/mol. The van der Waals surface area contributed by atoms with Crippen LogP contribution in [0.5, 0.6) is 0 Å². The van der Waals surface area contributed by atoms with Crippen LogP contribution in [-0.2, 0) is 11.3 Å². The summed E-state index contributed by atoms with van der Waals surface area (Å²) in [6, 6.07) is -0.271. The maximum Gasteiger partial charge on any atom is 0.305 e. The molecule has 0 aliphatic rings. The molecule has 0 amide bonds. The number of anilines is 1. The van der Waals surface area contributed by atoms with Gasteiger partial charge in [-0.2, -0.15) is 0 Å². The van der Waals surface area contributed by atoms with E-state index in [0.717, 1.165) is 6.42 Å². The van der Waals surface area contributed by atoms with E-state index in [1.54, 1.807) is 17.0 Å². The third-order valence-electron chi connectivity index (χ3n) is 2.87. The Morgan fingerprint density at radius 3 is 2.75 bits per heavy atom. The Hall–Kier alpha value is -1.85. The monoisotopic (exact) mass is 281 g/mol. The lowest BCUT2D eigenvalue weighted by Gasteiger charge is -2.17. The molecule has 1 atom stereocenters. The van der Waals surface area contributed by atoms with Crippen LogP contribution in [0.25, 0.3) is 0 Å². The summed E-state index contributed by atoms with van der Waals surface area (Å²) < 4.78 is 1.60. The van der Waals surface area contributed by atoms with Gasteiger partial charge in [0.1, 0.15) is 0 Å². The average Bonchev–Trinajstić information content (AvgIpc) is 2.33. The standard InChI is InChI=1S/C14H23N3O3/c1-4-5-11(8-12(18)19)16-13-14(20)17(7-6-15-13)9-10(2)3/h6-7,10-11H,4-5,8-9H2,1-3H3,(H,15,16)(H,18,19). The number of rotatable bonds is 8. The second-order valence-electron chi connectivity index (χ2n) is 5.36. The molecule has 2 N–H and O–H groups in total. The minimum atomic E-state index is -0.880. The van der Waals surface area contributed by atoms with Crippen LogP contribution in [0.1, 0.15) is 40.0 Å². The fraction of sp³-hybridized carbons (Fsp3) is 0.643. The maximum absolute atomic E-state index is 12.2. The van der Waals surface area contributed by atoms with Crippen LogP contribution >= 0.6 is 0 Å². The highest BCUT2D eigenvalue weighted by Crippen LogP contribution is 2.08. The van der Waals surface area contributed by atoms with Gasteiger partial charge in [-0.1, -0.05) is 27.2 Å². The fourth-order valence-corrected chi connectivity index (χ4v) is 2.06. The lowest BCUT2D eigenvalue weighted by Crippen LogP contribution is -2.31. The van der Waals surface area contributed by atoms with Gasteiger partial charge in [-0.15, -0.1) is 0 Å². The average molecular weight is 281 g/mol. The van der Waals surface area contributed by atoms with Crippen LogP contribution in [0.15, 0.2) is 17.2 Å². The van der Waals surface area contributed by atoms with Crippen LogP contribution < -0.4 is 10.9 Å². The molecular weight excluding hydrogens is 258 g/mol. The zero-order valence-corrected chi connectivity index (χ0v) is 12.3. The highest BCUT2D eigenvalue weighted by molar-refractivity contribution is 5.68. The highest BCUT2D eigenvalue weighted by Gasteiger charge is 2.15. The normalized spacial score (nSPS) is 12.4. The third kappa shape index (κ3) is 5.03. The molecule has 0 aliphatic carbocycles. The van der Waals surface area contributed by atoms with Crippen molar-refractivity contribution in [3.8, 4) is 0 Å². The second-order valence-corrected chi connectivity index (χ2v) is 5.36. The van der Waals surface area contributed by atoms with E-state index in [0.29, 0.717) is 18.9 Å². The highest BCUT2D eigenvalue weighted by atomic mass is 16.4. The summed E-state index contributed by atoms with van der Waals surface area (Å²) in [5, 5.41) is 11.9. The molecule has 0 aliphatic heterocycles. The van der Waals surface area contributed by atoms with Crippen LogP contribution in [0.4, 0.5) is 5.82 Å². The van der Waals surface area contributed by atoms with Crippen molar-refractivity contribution in [3.63, 3.8) is 0 Å². The quantitative estimate of drug-likeness (QED) is 0.761. The van der Waals surface area contributed by atoms with E-state index in [-0.39, 0.29) is 23.8 Å². The van der Waals surface area contributed by atoms with Gasteiger partial charge in [-0.05, 0) is 12.3 Å². The van der Waals surface area contributed by atoms with Gasteiger partial charge in [0.15, 0.2) is 5.82 Å². The predicted octanol–water partition coefficient (Wildman–Crippen LogP) is 1.95. The van der Waals surface area contributed by atoms with Crippen molar-refractivity contribution in [1.29, 1.82) is 0 Å². The van der Waals surface area contributed by atoms with Crippen molar-refractivity contribution < 1.29 is 9.90 Å². The number of carboxylic acid groups (broad SMARTS) is 1. The fourth-order valence-electron chi connectivity index (χ4n) is 2.06. The number of nitrogens with one attached hydrogen (secondary N) is 1. The molecule has 0 fully saturated rings. The smallest absolute Gasteiger partial charge is 0.305 e. The molecular formula is C14H23N3O3. The van der Waals surface area contributed by atoms with E-state index in [9.17, 15) is 9.59 Å². The summed E-state index contributed by atoms with van der Waals surface area (Å²) in [6.45, 7) is 6.66. The molecule has 6 nitrogen and oxygen atoms in total. The molecule has 0 radical (unpaired) electrons. The van der Waals surface area contributed by atoms with Gasteiger partial charge in [-0.25, -0.2) is 4.98 Å². The maximum atomic E-state index is 12.2. The lowest BCUT2D eigenvalue weighted by molar-refractivity contribution is -0.137. The molecule has 1 unspecified atom stereocenters. The van der Waals surface area contributed by atoms with Gasteiger partial charge < -0.3 is 15.0 Å². The first-order valence-electron chi connectivity index (χ1n) is 6.97. The molecule has 0 aromatic carbocycles. The van der Waals surface area contributed by atoms with Crippen molar-refractivity contribution in [3.05, 3.63) is 22.7 Å². The molecule has 0 saturated carbocycles. The largest absolute Gasteiger partial charge is 0.481 e. The topological polar surface area (TPSA) is 84.2 Å². The third-order valence-corrected chi connectivity index (χ3v) is 2.87. The van der Waals surface area contributed by atoms with Gasteiger partial charge in [0.25, 0.3) is 5.56 Å². The number of hydrogen-bond donors (Lipinski definition) is 2. The molecule has 1 rings (SSSR count). The molecule has 1 aromatic heterocycles. The molecule has 0 spiro atoms. The summed E-state index contributed by atoms with van der Waals surface area (Å²) in [5.74, 6) is -0.296. The first-order valence-corrected chi connectivity index (χ1v) is 6.97. The number of carboxylic acids is 1. The second kappa shape index (κ2) is 7.67. The first kappa shape index (κ1) is 16.2. The molecule has 1 heterocycles.